The number of hydrogen-bond acceptors (Lipinski definition) is 3. The third-order valence-corrected chi connectivity index (χ3v) is 5.62. The Morgan fingerprint density at radius 1 is 1.18 bits per heavy atom. The van der Waals surface area contributed by atoms with Crippen LogP contribution in [0.4, 0.5) is 13.2 Å². The van der Waals surface area contributed by atoms with Crippen molar-refractivity contribution in [2.45, 2.75) is 25.1 Å². The molecule has 10 heteroatoms. The number of oxime groups is 1. The first-order chi connectivity index (χ1) is 13.0. The van der Waals surface area contributed by atoms with Gasteiger partial charge < -0.3 is 9.94 Å². The highest BCUT2D eigenvalue weighted by atomic mass is 35.5. The van der Waals surface area contributed by atoms with Crippen LogP contribution in [-0.2, 0) is 10.4 Å². The van der Waals surface area contributed by atoms with Crippen molar-refractivity contribution in [1.82, 2.24) is 0 Å². The van der Waals surface area contributed by atoms with Gasteiger partial charge in [-0.15, -0.1) is 0 Å². The number of carboxylic acids is 1. The summed E-state index contributed by atoms with van der Waals surface area (Å²) in [5, 5.41) is 12.4. The highest BCUT2D eigenvalue weighted by Gasteiger charge is 2.62. The van der Waals surface area contributed by atoms with Crippen molar-refractivity contribution in [3.8, 4) is 0 Å². The summed E-state index contributed by atoms with van der Waals surface area (Å²) in [6.07, 6.45) is -5.48. The molecule has 0 unspecified atom stereocenters. The lowest BCUT2D eigenvalue weighted by Gasteiger charge is -2.30. The highest BCUT2D eigenvalue weighted by molar-refractivity contribution is 6.48. The molecule has 0 bridgehead atoms. The Balaban J connectivity index is 2.04. The van der Waals surface area contributed by atoms with Gasteiger partial charge in [-0.1, -0.05) is 46.0 Å². The number of carbonyl (C=O) groups is 1. The number of rotatable bonds is 3. The first-order valence-corrected chi connectivity index (χ1v) is 8.91. The van der Waals surface area contributed by atoms with Crippen LogP contribution >= 0.6 is 34.8 Å². The van der Waals surface area contributed by atoms with Crippen LogP contribution in [0.15, 0.2) is 35.5 Å². The van der Waals surface area contributed by atoms with Gasteiger partial charge >= 0.3 is 12.1 Å². The lowest BCUT2D eigenvalue weighted by molar-refractivity contribution is -0.275. The van der Waals surface area contributed by atoms with Crippen LogP contribution < -0.4 is 0 Å². The molecule has 0 amide bonds. The van der Waals surface area contributed by atoms with E-state index < -0.39 is 24.2 Å². The summed E-state index contributed by atoms with van der Waals surface area (Å²) in [6, 6.07) is 6.22. The van der Waals surface area contributed by atoms with Gasteiger partial charge in [-0.2, -0.15) is 13.2 Å². The number of nitrogens with zero attached hydrogens (tertiary/aromatic N) is 1. The van der Waals surface area contributed by atoms with Gasteiger partial charge in [0.2, 0.25) is 0 Å². The van der Waals surface area contributed by atoms with E-state index in [4.69, 9.17) is 44.7 Å². The Hall–Kier alpha value is -1.96. The van der Waals surface area contributed by atoms with Gasteiger partial charge in [0.25, 0.3) is 5.60 Å². The third-order valence-electron chi connectivity index (χ3n) is 4.43. The fourth-order valence-corrected chi connectivity index (χ4v) is 3.53. The fraction of sp³-hybridized carbons (Fsp3) is 0.222. The van der Waals surface area contributed by atoms with Crippen LogP contribution in [0.2, 0.25) is 15.1 Å². The van der Waals surface area contributed by atoms with Gasteiger partial charge in [-0.25, -0.2) is 4.79 Å². The van der Waals surface area contributed by atoms with Crippen molar-refractivity contribution in [3.63, 3.8) is 0 Å². The first-order valence-electron chi connectivity index (χ1n) is 7.77. The molecule has 2 aromatic carbocycles. The van der Waals surface area contributed by atoms with Crippen molar-refractivity contribution in [3.05, 3.63) is 67.7 Å². The SMILES string of the molecule is Cc1cc(C2=NO[C@@](c3cc(Cl)c(Cl)c(Cl)c3)(C(F)(F)F)C2)ccc1C(=O)O. The van der Waals surface area contributed by atoms with Gasteiger partial charge in [0.15, 0.2) is 0 Å². The van der Waals surface area contributed by atoms with Crippen molar-refractivity contribution in [2.24, 2.45) is 5.16 Å². The Morgan fingerprint density at radius 2 is 1.79 bits per heavy atom. The molecule has 3 rings (SSSR count). The summed E-state index contributed by atoms with van der Waals surface area (Å²) in [5.74, 6) is -1.14. The molecular formula is C18H11Cl3F3NO3. The lowest BCUT2D eigenvalue weighted by Crippen LogP contribution is -2.42. The second kappa shape index (κ2) is 7.13. The average molecular weight is 453 g/mol. The summed E-state index contributed by atoms with van der Waals surface area (Å²) in [6.45, 7) is 1.54. The van der Waals surface area contributed by atoms with Gasteiger partial charge in [-0.05, 0) is 42.3 Å². The molecule has 0 aromatic heterocycles. The maximum absolute atomic E-state index is 14.0. The standard InChI is InChI=1S/C18H11Cl3F3NO3/c1-8-4-9(2-3-11(8)16(26)27)14-7-17(28-25-14,18(22,23)24)10-5-12(19)15(21)13(20)6-10/h2-6H,7H2,1H3,(H,26,27)/t17-/m0/s1. The van der Waals surface area contributed by atoms with Crippen LogP contribution in [-0.4, -0.2) is 23.0 Å². The third kappa shape index (κ3) is 3.43. The topological polar surface area (TPSA) is 58.9 Å². The molecule has 0 aliphatic carbocycles. The molecule has 0 fully saturated rings. The summed E-state index contributed by atoms with van der Waals surface area (Å²) in [4.78, 5) is 16.0. The van der Waals surface area contributed by atoms with Gasteiger partial charge in [0, 0.05) is 12.0 Å². The monoisotopic (exact) mass is 451 g/mol. The normalized spacial score (nSPS) is 19.3. The Labute approximate surface area is 172 Å². The second-order valence-electron chi connectivity index (χ2n) is 6.22. The molecule has 0 radical (unpaired) electrons. The van der Waals surface area contributed by atoms with E-state index in [0.717, 1.165) is 12.1 Å². The zero-order chi connectivity index (χ0) is 20.9. The predicted molar refractivity (Wildman–Crippen MR) is 99.6 cm³/mol. The van der Waals surface area contributed by atoms with Crippen molar-refractivity contribution >= 4 is 46.5 Å². The molecule has 4 nitrogen and oxygen atoms in total. The fourth-order valence-electron chi connectivity index (χ4n) is 2.93. The molecule has 0 spiro atoms. The first kappa shape index (κ1) is 20.8. The number of halogens is 6. The van der Waals surface area contributed by atoms with Crippen molar-refractivity contribution in [1.29, 1.82) is 0 Å². The Bertz CT molecular complexity index is 984. The molecule has 1 atom stereocenters. The molecule has 148 valence electrons. The molecule has 0 saturated heterocycles. The summed E-state index contributed by atoms with van der Waals surface area (Å²) >= 11 is 17.6. The van der Waals surface area contributed by atoms with E-state index in [9.17, 15) is 18.0 Å². The van der Waals surface area contributed by atoms with E-state index in [1.165, 1.54) is 18.2 Å². The number of alkyl halides is 3. The van der Waals surface area contributed by atoms with Crippen LogP contribution in [0.5, 0.6) is 0 Å². The van der Waals surface area contributed by atoms with Crippen molar-refractivity contribution in [2.75, 3.05) is 0 Å². The summed E-state index contributed by atoms with van der Waals surface area (Å²) in [7, 11) is 0. The molecule has 1 aliphatic heterocycles. The van der Waals surface area contributed by atoms with E-state index in [0.29, 0.717) is 11.1 Å². The average Bonchev–Trinajstić information content (AvgIpc) is 3.05. The minimum atomic E-state index is -4.84. The summed E-state index contributed by atoms with van der Waals surface area (Å²) < 4.78 is 42.0. The maximum Gasteiger partial charge on any atom is 0.435 e. The predicted octanol–water partition coefficient (Wildman–Crippen LogP) is 6.24. The van der Waals surface area contributed by atoms with Crippen LogP contribution in [0.1, 0.15) is 33.5 Å². The molecule has 0 saturated carbocycles. The summed E-state index contributed by atoms with van der Waals surface area (Å²) in [5.41, 5.74) is -2.37. The number of carboxylic acid groups (broad SMARTS) is 1. The molecule has 1 N–H and O–H groups in total. The quantitative estimate of drug-likeness (QED) is 0.561. The molecule has 1 aliphatic rings. The maximum atomic E-state index is 14.0. The highest BCUT2D eigenvalue weighted by Crippen LogP contribution is 2.50. The number of hydrogen-bond donors (Lipinski definition) is 1. The largest absolute Gasteiger partial charge is 0.478 e. The van der Waals surface area contributed by atoms with Gasteiger partial charge in [0.1, 0.15) is 0 Å². The second-order valence-corrected chi connectivity index (χ2v) is 7.41. The zero-order valence-electron chi connectivity index (χ0n) is 14.1. The Kier molecular flexibility index (Phi) is 5.29. The molecule has 2 aromatic rings. The zero-order valence-corrected chi connectivity index (χ0v) is 16.3. The van der Waals surface area contributed by atoms with Gasteiger partial charge in [0.05, 0.1) is 26.3 Å². The number of aromatic carboxylic acids is 1. The number of aryl methyl sites for hydroxylation is 1. The smallest absolute Gasteiger partial charge is 0.435 e. The van der Waals surface area contributed by atoms with Crippen molar-refractivity contribution < 1.29 is 27.9 Å². The van der Waals surface area contributed by atoms with E-state index in [1.54, 1.807) is 6.92 Å². The van der Waals surface area contributed by atoms with Crippen LogP contribution in [0.25, 0.3) is 0 Å². The van der Waals surface area contributed by atoms with Crippen LogP contribution in [0.3, 0.4) is 0 Å². The van der Waals surface area contributed by atoms with E-state index >= 15 is 0 Å². The minimum absolute atomic E-state index is 0.0135. The molecule has 1 heterocycles. The van der Waals surface area contributed by atoms with Gasteiger partial charge in [-0.3, -0.25) is 0 Å². The van der Waals surface area contributed by atoms with Crippen LogP contribution in [0, 0.1) is 6.92 Å². The Morgan fingerprint density at radius 3 is 2.29 bits per heavy atom. The van der Waals surface area contributed by atoms with E-state index in [1.807, 2.05) is 0 Å². The van der Waals surface area contributed by atoms with E-state index in [2.05, 4.69) is 5.16 Å². The molecular weight excluding hydrogens is 442 g/mol. The van der Waals surface area contributed by atoms with E-state index in [-0.39, 0.29) is 31.9 Å². The lowest BCUT2D eigenvalue weighted by atomic mass is 9.86. The number of benzene rings is 2. The minimum Gasteiger partial charge on any atom is -0.478 e. The molecule has 28 heavy (non-hydrogen) atoms.